The summed E-state index contributed by atoms with van der Waals surface area (Å²) in [5, 5.41) is 3.25. The van der Waals surface area contributed by atoms with Crippen LogP contribution in [-0.2, 0) is 27.9 Å². The van der Waals surface area contributed by atoms with E-state index in [9.17, 15) is 9.59 Å². The molecule has 1 heterocycles. The summed E-state index contributed by atoms with van der Waals surface area (Å²) in [6.45, 7) is 8.30. The summed E-state index contributed by atoms with van der Waals surface area (Å²) in [5.74, 6) is 0.574. The Kier molecular flexibility index (Phi) is 5.46. The van der Waals surface area contributed by atoms with Gasteiger partial charge < -0.3 is 10.1 Å². The van der Waals surface area contributed by atoms with E-state index in [4.69, 9.17) is 4.74 Å². The van der Waals surface area contributed by atoms with Crippen molar-refractivity contribution in [3.05, 3.63) is 34.9 Å². The van der Waals surface area contributed by atoms with Crippen LogP contribution in [0.5, 0.6) is 0 Å². The highest BCUT2D eigenvalue weighted by Crippen LogP contribution is 2.60. The van der Waals surface area contributed by atoms with Gasteiger partial charge in [0.15, 0.2) is 5.54 Å². The number of amides is 3. The molecule has 1 saturated heterocycles. The molecule has 1 aromatic rings. The summed E-state index contributed by atoms with van der Waals surface area (Å²) in [4.78, 5) is 28.4. The zero-order valence-electron chi connectivity index (χ0n) is 19.1. The Balaban J connectivity index is 1.80. The van der Waals surface area contributed by atoms with Crippen LogP contribution in [0.3, 0.4) is 0 Å². The van der Waals surface area contributed by atoms with Crippen molar-refractivity contribution in [3.63, 3.8) is 0 Å². The molecule has 30 heavy (non-hydrogen) atoms. The van der Waals surface area contributed by atoms with Crippen LogP contribution in [-0.4, -0.2) is 36.1 Å². The average molecular weight is 413 g/mol. The first-order valence-electron chi connectivity index (χ1n) is 11.5. The molecule has 0 bridgehead atoms. The van der Waals surface area contributed by atoms with Crippen LogP contribution in [0, 0.1) is 11.3 Å². The zero-order chi connectivity index (χ0) is 21.7. The van der Waals surface area contributed by atoms with Gasteiger partial charge in [-0.05, 0) is 81.4 Å². The maximum absolute atomic E-state index is 14.0. The molecule has 0 aromatic heterocycles. The van der Waals surface area contributed by atoms with Crippen LogP contribution in [0.1, 0.15) is 76.5 Å². The van der Waals surface area contributed by atoms with Gasteiger partial charge in [0.1, 0.15) is 0 Å². The topological polar surface area (TPSA) is 58.6 Å². The largest absolute Gasteiger partial charge is 0.381 e. The molecule has 1 N–H and O–H groups in total. The second-order valence-corrected chi connectivity index (χ2v) is 10.3. The molecule has 5 heteroatoms. The molecule has 1 aromatic carbocycles. The molecule has 3 amide bonds. The number of nitrogens with zero attached hydrogens (tertiary/aromatic N) is 1. The van der Waals surface area contributed by atoms with Crippen molar-refractivity contribution in [1.29, 1.82) is 0 Å². The highest BCUT2D eigenvalue weighted by Gasteiger charge is 2.68. The number of rotatable bonds is 5. The van der Waals surface area contributed by atoms with Crippen LogP contribution in [0.4, 0.5) is 4.79 Å². The first-order chi connectivity index (χ1) is 14.2. The fourth-order valence-electron chi connectivity index (χ4n) is 6.01. The number of nitrogens with one attached hydrogen (secondary N) is 1. The van der Waals surface area contributed by atoms with Crippen LogP contribution in [0.25, 0.3) is 0 Å². The second kappa shape index (κ2) is 7.67. The van der Waals surface area contributed by atoms with Gasteiger partial charge >= 0.3 is 6.03 Å². The minimum absolute atomic E-state index is 0.0573. The highest BCUT2D eigenvalue weighted by molar-refractivity contribution is 6.09. The summed E-state index contributed by atoms with van der Waals surface area (Å²) in [5.41, 5.74) is 2.32. The van der Waals surface area contributed by atoms with Crippen LogP contribution >= 0.6 is 0 Å². The molecule has 3 aliphatic rings. The number of ether oxygens (including phenoxy) is 1. The van der Waals surface area contributed by atoms with Gasteiger partial charge in [-0.25, -0.2) is 4.79 Å². The Bertz CT molecular complexity index is 839. The number of fused-ring (bicyclic) bond motifs is 3. The van der Waals surface area contributed by atoms with E-state index in [0.717, 1.165) is 50.5 Å². The van der Waals surface area contributed by atoms with E-state index < -0.39 is 5.54 Å². The average Bonchev–Trinajstić information content (AvgIpc) is 3.13. The van der Waals surface area contributed by atoms with Crippen LogP contribution in [0.2, 0.25) is 0 Å². The molecular formula is C25H36N2O3. The Labute approximate surface area is 180 Å². The molecule has 1 atom stereocenters. The third-order valence-electron chi connectivity index (χ3n) is 7.71. The van der Waals surface area contributed by atoms with Crippen molar-refractivity contribution in [1.82, 2.24) is 10.2 Å². The Hall–Kier alpha value is -1.88. The van der Waals surface area contributed by atoms with Gasteiger partial charge in [-0.2, -0.15) is 0 Å². The van der Waals surface area contributed by atoms with Crippen LogP contribution in [0.15, 0.2) is 18.2 Å². The summed E-state index contributed by atoms with van der Waals surface area (Å²) in [6, 6.07) is 6.25. The smallest absolute Gasteiger partial charge is 0.325 e. The Morgan fingerprint density at radius 1 is 1.17 bits per heavy atom. The first-order valence-corrected chi connectivity index (χ1v) is 11.5. The van der Waals surface area contributed by atoms with Crippen LogP contribution < -0.4 is 5.32 Å². The minimum Gasteiger partial charge on any atom is -0.381 e. The number of imide groups is 1. The van der Waals surface area contributed by atoms with Crippen molar-refractivity contribution >= 4 is 11.9 Å². The standard InChI is InChI=1S/C25H36N2O3/c1-16(2)6-7-18-8-9-19-15-24(12-10-20(30-5)11-13-24)25(21(19)14-18)22(28)27(17(3)4)23(29)26-25/h8-9,14,16-17,20H,6-7,10-13,15H2,1-5H3,(H,26,29). The SMILES string of the molecule is COC1CCC2(CC1)Cc1ccc(CCC(C)C)cc1C21NC(=O)N(C(C)C)C1=O. The monoisotopic (exact) mass is 412 g/mol. The lowest BCUT2D eigenvalue weighted by molar-refractivity contribution is -0.139. The number of carbonyl (C=O) groups excluding carboxylic acids is 2. The number of methoxy groups -OCH3 is 1. The molecule has 1 aliphatic heterocycles. The van der Waals surface area contributed by atoms with Gasteiger partial charge in [-0.3, -0.25) is 9.69 Å². The second-order valence-electron chi connectivity index (χ2n) is 10.3. The lowest BCUT2D eigenvalue weighted by atomic mass is 9.61. The van der Waals surface area contributed by atoms with E-state index in [-0.39, 0.29) is 29.5 Å². The van der Waals surface area contributed by atoms with Gasteiger partial charge in [0, 0.05) is 18.6 Å². The lowest BCUT2D eigenvalue weighted by Crippen LogP contribution is -2.57. The van der Waals surface area contributed by atoms with Crippen molar-refractivity contribution in [2.45, 2.75) is 90.3 Å². The van der Waals surface area contributed by atoms with E-state index in [1.807, 2.05) is 13.8 Å². The van der Waals surface area contributed by atoms with E-state index in [1.165, 1.54) is 16.0 Å². The van der Waals surface area contributed by atoms with Gasteiger partial charge in [-0.1, -0.05) is 32.0 Å². The van der Waals surface area contributed by atoms with Crippen molar-refractivity contribution < 1.29 is 14.3 Å². The van der Waals surface area contributed by atoms with E-state index in [0.29, 0.717) is 5.92 Å². The molecule has 1 unspecified atom stereocenters. The number of hydrogen-bond donors (Lipinski definition) is 1. The molecule has 0 radical (unpaired) electrons. The maximum atomic E-state index is 14.0. The Morgan fingerprint density at radius 2 is 1.87 bits per heavy atom. The molecular weight excluding hydrogens is 376 g/mol. The van der Waals surface area contributed by atoms with Crippen molar-refractivity contribution in [2.75, 3.05) is 7.11 Å². The summed E-state index contributed by atoms with van der Waals surface area (Å²) in [6.07, 6.45) is 6.83. The number of aryl methyl sites for hydroxylation is 1. The lowest BCUT2D eigenvalue weighted by Gasteiger charge is -2.46. The number of urea groups is 1. The fraction of sp³-hybridized carbons (Fsp3) is 0.680. The maximum Gasteiger partial charge on any atom is 0.325 e. The number of carbonyl (C=O) groups is 2. The summed E-state index contributed by atoms with van der Waals surface area (Å²) in [7, 11) is 1.77. The summed E-state index contributed by atoms with van der Waals surface area (Å²) < 4.78 is 5.62. The van der Waals surface area contributed by atoms with E-state index >= 15 is 0 Å². The molecule has 2 spiro atoms. The predicted octanol–water partition coefficient (Wildman–Crippen LogP) is 4.56. The third-order valence-corrected chi connectivity index (χ3v) is 7.71. The van der Waals surface area contributed by atoms with E-state index in [2.05, 4.69) is 37.4 Å². The van der Waals surface area contributed by atoms with Crippen molar-refractivity contribution in [2.24, 2.45) is 11.3 Å². The van der Waals surface area contributed by atoms with Crippen molar-refractivity contribution in [3.8, 4) is 0 Å². The summed E-state index contributed by atoms with van der Waals surface area (Å²) >= 11 is 0. The quantitative estimate of drug-likeness (QED) is 0.721. The molecule has 2 aliphatic carbocycles. The normalized spacial score (nSPS) is 30.8. The molecule has 5 nitrogen and oxygen atoms in total. The number of benzene rings is 1. The van der Waals surface area contributed by atoms with Gasteiger partial charge in [0.2, 0.25) is 0 Å². The Morgan fingerprint density at radius 3 is 2.43 bits per heavy atom. The highest BCUT2D eigenvalue weighted by atomic mass is 16.5. The number of hydrogen-bond acceptors (Lipinski definition) is 3. The predicted molar refractivity (Wildman–Crippen MR) is 117 cm³/mol. The zero-order valence-corrected chi connectivity index (χ0v) is 19.1. The third kappa shape index (κ3) is 3.08. The fourth-order valence-corrected chi connectivity index (χ4v) is 6.01. The minimum atomic E-state index is -0.934. The molecule has 4 rings (SSSR count). The molecule has 2 fully saturated rings. The van der Waals surface area contributed by atoms with Gasteiger partial charge in [-0.15, -0.1) is 0 Å². The van der Waals surface area contributed by atoms with Gasteiger partial charge in [0.05, 0.1) is 6.10 Å². The van der Waals surface area contributed by atoms with E-state index in [1.54, 1.807) is 7.11 Å². The first kappa shape index (κ1) is 21.4. The molecule has 1 saturated carbocycles. The van der Waals surface area contributed by atoms with Gasteiger partial charge in [0.25, 0.3) is 5.91 Å². The molecule has 164 valence electrons.